The van der Waals surface area contributed by atoms with Crippen LogP contribution in [-0.4, -0.2) is 40.7 Å². The number of H-pyrrole nitrogens is 1. The van der Waals surface area contributed by atoms with E-state index in [2.05, 4.69) is 42.5 Å². The maximum atomic E-state index is 13.5. The summed E-state index contributed by atoms with van der Waals surface area (Å²) in [5.74, 6) is 0.529. The van der Waals surface area contributed by atoms with Gasteiger partial charge >= 0.3 is 0 Å². The molecule has 0 aliphatic heterocycles. The summed E-state index contributed by atoms with van der Waals surface area (Å²) >= 11 is 1.45. The van der Waals surface area contributed by atoms with Crippen molar-refractivity contribution in [3.05, 3.63) is 86.8 Å². The Morgan fingerprint density at radius 2 is 1.90 bits per heavy atom. The van der Waals surface area contributed by atoms with Crippen molar-refractivity contribution in [1.82, 2.24) is 20.6 Å². The molecule has 0 saturated heterocycles. The molecule has 210 valence electrons. The zero-order valence-corrected chi connectivity index (χ0v) is 24.2. The smallest absolute Gasteiger partial charge is 0.261 e. The van der Waals surface area contributed by atoms with E-state index < -0.39 is 0 Å². The van der Waals surface area contributed by atoms with Crippen molar-refractivity contribution in [3.8, 4) is 11.1 Å². The molecule has 3 aromatic heterocycles. The van der Waals surface area contributed by atoms with Crippen LogP contribution in [0.1, 0.15) is 66.1 Å². The fraction of sp³-hybridized carbons (Fsp3) is 0.406. The number of amides is 1. The monoisotopic (exact) mass is 558 g/mol. The zero-order valence-electron chi connectivity index (χ0n) is 23.4. The van der Waals surface area contributed by atoms with E-state index in [0.717, 1.165) is 46.2 Å². The number of fused-ring (bicyclic) bond motifs is 2. The lowest BCUT2D eigenvalue weighted by atomic mass is 9.71. The molecule has 1 amide bonds. The number of rotatable bonds is 9. The molecule has 7 nitrogen and oxygen atoms in total. The van der Waals surface area contributed by atoms with Gasteiger partial charge in [0.1, 0.15) is 4.83 Å². The van der Waals surface area contributed by atoms with Crippen molar-refractivity contribution in [2.75, 3.05) is 19.7 Å². The summed E-state index contributed by atoms with van der Waals surface area (Å²) in [7, 11) is 0. The number of aliphatic hydroxyl groups excluding tert-OH is 1. The zero-order chi connectivity index (χ0) is 28.3. The van der Waals surface area contributed by atoms with Gasteiger partial charge in [0.2, 0.25) is 5.56 Å². The van der Waals surface area contributed by atoms with Crippen molar-refractivity contribution in [2.24, 2.45) is 11.3 Å². The van der Waals surface area contributed by atoms with E-state index in [-0.39, 0.29) is 29.5 Å². The number of hydrogen-bond donors (Lipinski definition) is 4. The van der Waals surface area contributed by atoms with Gasteiger partial charge in [0.25, 0.3) is 5.91 Å². The number of carbonyl (C=O) groups excluding carboxylic acids is 1. The fourth-order valence-corrected chi connectivity index (χ4v) is 6.41. The van der Waals surface area contributed by atoms with Gasteiger partial charge in [-0.2, -0.15) is 0 Å². The summed E-state index contributed by atoms with van der Waals surface area (Å²) in [6, 6.07) is 15.4. The number of carbonyl (C=O) groups is 1. The van der Waals surface area contributed by atoms with Crippen LogP contribution in [0.15, 0.2) is 59.5 Å². The average Bonchev–Trinajstić information content (AvgIpc) is 3.36. The van der Waals surface area contributed by atoms with E-state index in [1.165, 1.54) is 28.7 Å². The van der Waals surface area contributed by atoms with E-state index in [4.69, 9.17) is 10.1 Å². The molecule has 40 heavy (non-hydrogen) atoms. The first-order valence-electron chi connectivity index (χ1n) is 14.0. The highest BCUT2D eigenvalue weighted by atomic mass is 32.1. The number of aromatic nitrogens is 2. The highest BCUT2D eigenvalue weighted by Crippen LogP contribution is 2.38. The number of pyridine rings is 2. The van der Waals surface area contributed by atoms with Crippen LogP contribution in [0.5, 0.6) is 0 Å². The van der Waals surface area contributed by atoms with Crippen LogP contribution in [0.3, 0.4) is 0 Å². The summed E-state index contributed by atoms with van der Waals surface area (Å²) in [5, 5.41) is 16.6. The molecule has 4 N–H and O–H groups in total. The predicted octanol–water partition coefficient (Wildman–Crippen LogP) is 5.25. The predicted molar refractivity (Wildman–Crippen MR) is 162 cm³/mol. The van der Waals surface area contributed by atoms with Gasteiger partial charge in [0.05, 0.1) is 17.5 Å². The van der Waals surface area contributed by atoms with Gasteiger partial charge in [0.15, 0.2) is 0 Å². The second-order valence-corrected chi connectivity index (χ2v) is 12.8. The molecule has 3 heterocycles. The summed E-state index contributed by atoms with van der Waals surface area (Å²) in [6.45, 7) is 8.18. The summed E-state index contributed by atoms with van der Waals surface area (Å²) in [5.41, 5.74) is 5.53. The third-order valence-electron chi connectivity index (χ3n) is 7.96. The maximum Gasteiger partial charge on any atom is 0.261 e. The van der Waals surface area contributed by atoms with Crippen molar-refractivity contribution in [2.45, 2.75) is 52.5 Å². The quantitative estimate of drug-likeness (QED) is 0.210. The molecule has 0 unspecified atom stereocenters. The topological polar surface area (TPSA) is 107 Å². The first-order valence-corrected chi connectivity index (χ1v) is 14.9. The molecule has 0 fully saturated rings. The molecule has 0 bridgehead atoms. The van der Waals surface area contributed by atoms with Gasteiger partial charge in [-0.25, -0.2) is 4.98 Å². The molecule has 1 aliphatic carbocycles. The van der Waals surface area contributed by atoms with E-state index in [1.807, 2.05) is 30.3 Å². The van der Waals surface area contributed by atoms with Gasteiger partial charge in [-0.1, -0.05) is 45.0 Å². The molecular weight excluding hydrogens is 520 g/mol. The van der Waals surface area contributed by atoms with Gasteiger partial charge in [-0.3, -0.25) is 9.59 Å². The normalized spacial score (nSPS) is 16.1. The number of nitrogens with zero attached hydrogens (tertiary/aromatic N) is 1. The Balaban J connectivity index is 1.35. The second-order valence-electron chi connectivity index (χ2n) is 11.8. The molecule has 0 radical (unpaired) electrons. The van der Waals surface area contributed by atoms with Crippen LogP contribution in [-0.2, 0) is 12.8 Å². The van der Waals surface area contributed by atoms with E-state index in [9.17, 15) is 9.59 Å². The van der Waals surface area contributed by atoms with Gasteiger partial charge in [-0.05, 0) is 84.0 Å². The Morgan fingerprint density at radius 1 is 1.12 bits per heavy atom. The molecule has 0 spiro atoms. The first kappa shape index (κ1) is 28.2. The molecule has 5 rings (SSSR count). The number of benzene rings is 1. The molecule has 2 atom stereocenters. The van der Waals surface area contributed by atoms with Crippen LogP contribution in [0.25, 0.3) is 21.3 Å². The number of aryl methyl sites for hydroxylation is 1. The fourth-order valence-electron chi connectivity index (χ4n) is 5.47. The third kappa shape index (κ3) is 6.52. The lowest BCUT2D eigenvalue weighted by Gasteiger charge is -2.34. The highest BCUT2D eigenvalue weighted by molar-refractivity contribution is 7.20. The average molecular weight is 559 g/mol. The van der Waals surface area contributed by atoms with E-state index in [0.29, 0.717) is 30.3 Å². The minimum Gasteiger partial charge on any atom is -0.395 e. The van der Waals surface area contributed by atoms with Crippen LogP contribution in [0.4, 0.5) is 0 Å². The van der Waals surface area contributed by atoms with Gasteiger partial charge in [0, 0.05) is 29.9 Å². The van der Waals surface area contributed by atoms with Crippen molar-refractivity contribution < 1.29 is 9.90 Å². The standard InChI is InChI=1S/C32H38N4O3S/c1-32(2,3)25-9-10-26-23(17-25)16-24-18-28(40-31(24)36-26)30(39)35-27(12-13-33-14-15-37)21-6-4-20(5-7-21)22-8-11-29(38)34-19-22/h4-8,11,16,18-19,25,27,33,37H,9-10,12-15,17H2,1-3H3,(H,34,38)(H,35,39)/t25-,27+/m0/s1. The lowest BCUT2D eigenvalue weighted by molar-refractivity contribution is 0.0938. The van der Waals surface area contributed by atoms with Crippen molar-refractivity contribution >= 4 is 27.5 Å². The van der Waals surface area contributed by atoms with Crippen LogP contribution in [0.2, 0.25) is 0 Å². The molecule has 0 saturated carbocycles. The maximum absolute atomic E-state index is 13.5. The Labute approximate surface area is 239 Å². The molecule has 1 aromatic carbocycles. The Hall–Kier alpha value is -3.33. The summed E-state index contributed by atoms with van der Waals surface area (Å²) in [4.78, 5) is 34.2. The number of hydrogen-bond acceptors (Lipinski definition) is 6. The van der Waals surface area contributed by atoms with Crippen LogP contribution in [0, 0.1) is 11.3 Å². The van der Waals surface area contributed by atoms with Crippen LogP contribution >= 0.6 is 11.3 Å². The summed E-state index contributed by atoms with van der Waals surface area (Å²) < 4.78 is 0. The molecule has 1 aliphatic rings. The Bertz CT molecular complexity index is 1510. The Morgan fingerprint density at radius 3 is 2.60 bits per heavy atom. The SMILES string of the molecule is CC(C)(C)[C@H]1CCc2nc3sc(C(=O)N[C@H](CCNCCO)c4ccc(-c5ccc(=O)[nH]c5)cc4)cc3cc2C1. The van der Waals surface area contributed by atoms with E-state index in [1.54, 1.807) is 12.3 Å². The number of aliphatic hydroxyl groups is 1. The van der Waals surface area contributed by atoms with E-state index >= 15 is 0 Å². The molecular formula is C32H38N4O3S. The second kappa shape index (κ2) is 12.0. The highest BCUT2D eigenvalue weighted by Gasteiger charge is 2.30. The largest absolute Gasteiger partial charge is 0.395 e. The van der Waals surface area contributed by atoms with Gasteiger partial charge < -0.3 is 20.7 Å². The van der Waals surface area contributed by atoms with Gasteiger partial charge in [-0.15, -0.1) is 11.3 Å². The first-order chi connectivity index (χ1) is 19.2. The lowest BCUT2D eigenvalue weighted by Crippen LogP contribution is -2.31. The molecule has 4 aromatic rings. The number of aromatic amines is 1. The number of nitrogens with one attached hydrogen (secondary N) is 3. The van der Waals surface area contributed by atoms with Crippen LogP contribution < -0.4 is 16.2 Å². The van der Waals surface area contributed by atoms with Crippen molar-refractivity contribution in [3.63, 3.8) is 0 Å². The third-order valence-corrected chi connectivity index (χ3v) is 9.00. The minimum absolute atomic E-state index is 0.0696. The number of thiophene rings is 1. The molecule has 8 heteroatoms. The summed E-state index contributed by atoms with van der Waals surface area (Å²) in [6.07, 6.45) is 5.56. The van der Waals surface area contributed by atoms with Crippen molar-refractivity contribution in [1.29, 1.82) is 0 Å². The minimum atomic E-state index is -0.206. The Kier molecular flexibility index (Phi) is 8.49.